The smallest absolute Gasteiger partial charge is 0.0485 e. The first kappa shape index (κ1) is 13.1. The van der Waals surface area contributed by atoms with Gasteiger partial charge in [0.2, 0.25) is 0 Å². The first-order valence-electron chi connectivity index (χ1n) is 6.09. The molecule has 0 amide bonds. The minimum atomic E-state index is 0.304. The van der Waals surface area contributed by atoms with Crippen LogP contribution in [0.15, 0.2) is 18.3 Å². The summed E-state index contributed by atoms with van der Waals surface area (Å²) in [6, 6.07) is 4.49. The molecule has 0 aliphatic rings. The van der Waals surface area contributed by atoms with Gasteiger partial charge in [-0.1, -0.05) is 19.9 Å². The maximum Gasteiger partial charge on any atom is 0.0485 e. The lowest BCUT2D eigenvalue weighted by atomic mass is 10.1. The second-order valence-corrected chi connectivity index (χ2v) is 4.11. The van der Waals surface area contributed by atoms with Crippen molar-refractivity contribution in [2.24, 2.45) is 5.73 Å². The minimum absolute atomic E-state index is 0.304. The van der Waals surface area contributed by atoms with E-state index in [0.717, 1.165) is 25.2 Å². The molecule has 1 unspecified atom stereocenters. The normalized spacial score (nSPS) is 13.1. The molecule has 16 heavy (non-hydrogen) atoms. The number of hydrogen-bond donors (Lipinski definition) is 1. The molecule has 0 aliphatic carbocycles. The number of likely N-dealkylation sites (N-methyl/N-ethyl adjacent to an activating group) is 1. The quantitative estimate of drug-likeness (QED) is 0.800. The summed E-state index contributed by atoms with van der Waals surface area (Å²) in [6.45, 7) is 9.16. The summed E-state index contributed by atoms with van der Waals surface area (Å²) in [6.07, 6.45) is 3.11. The van der Waals surface area contributed by atoms with Crippen LogP contribution in [0.5, 0.6) is 0 Å². The summed E-state index contributed by atoms with van der Waals surface area (Å²) < 4.78 is 0. The summed E-state index contributed by atoms with van der Waals surface area (Å²) in [4.78, 5) is 6.75. The van der Waals surface area contributed by atoms with Crippen molar-refractivity contribution in [3.8, 4) is 0 Å². The van der Waals surface area contributed by atoms with Crippen molar-refractivity contribution in [1.29, 1.82) is 0 Å². The van der Waals surface area contributed by atoms with Gasteiger partial charge in [0.15, 0.2) is 0 Å². The van der Waals surface area contributed by atoms with Gasteiger partial charge < -0.3 is 5.73 Å². The van der Waals surface area contributed by atoms with Crippen molar-refractivity contribution in [3.63, 3.8) is 0 Å². The molecule has 3 heteroatoms. The van der Waals surface area contributed by atoms with E-state index in [2.05, 4.69) is 35.9 Å². The van der Waals surface area contributed by atoms with Gasteiger partial charge in [0.1, 0.15) is 0 Å². The molecular weight excluding hydrogens is 198 g/mol. The second kappa shape index (κ2) is 6.61. The number of aromatic nitrogens is 1. The lowest BCUT2D eigenvalue weighted by Gasteiger charge is -2.29. The van der Waals surface area contributed by atoms with Crippen LogP contribution in [0.4, 0.5) is 0 Å². The predicted molar refractivity (Wildman–Crippen MR) is 68.3 cm³/mol. The number of pyridine rings is 1. The molecular formula is C13H23N3. The monoisotopic (exact) mass is 221 g/mol. The maximum atomic E-state index is 5.88. The molecule has 0 fully saturated rings. The first-order chi connectivity index (χ1) is 7.72. The Morgan fingerprint density at radius 2 is 2.12 bits per heavy atom. The predicted octanol–water partition coefficient (Wildman–Crippen LogP) is 2.12. The van der Waals surface area contributed by atoms with Crippen molar-refractivity contribution in [1.82, 2.24) is 9.88 Å². The number of aryl methyl sites for hydroxylation is 1. The average molecular weight is 221 g/mol. The molecule has 3 nitrogen and oxygen atoms in total. The van der Waals surface area contributed by atoms with E-state index in [1.54, 1.807) is 0 Å². The van der Waals surface area contributed by atoms with Crippen molar-refractivity contribution in [3.05, 3.63) is 29.6 Å². The Bertz CT molecular complexity index is 295. The SMILES string of the molecule is CCCN(CC)C(CN)c1ccc(C)nc1. The van der Waals surface area contributed by atoms with Crippen molar-refractivity contribution < 1.29 is 0 Å². The van der Waals surface area contributed by atoms with Gasteiger partial charge in [-0.3, -0.25) is 9.88 Å². The Morgan fingerprint density at radius 1 is 1.38 bits per heavy atom. The van der Waals surface area contributed by atoms with Crippen LogP contribution in [0.3, 0.4) is 0 Å². The van der Waals surface area contributed by atoms with Crippen molar-refractivity contribution in [2.75, 3.05) is 19.6 Å². The third kappa shape index (κ3) is 3.29. The molecule has 1 atom stereocenters. The van der Waals surface area contributed by atoms with Crippen molar-refractivity contribution in [2.45, 2.75) is 33.2 Å². The molecule has 0 saturated carbocycles. The molecule has 1 heterocycles. The Labute approximate surface area is 98.7 Å². The van der Waals surface area contributed by atoms with Crippen LogP contribution >= 0.6 is 0 Å². The van der Waals surface area contributed by atoms with Crippen LogP contribution in [0.2, 0.25) is 0 Å². The zero-order chi connectivity index (χ0) is 12.0. The van der Waals surface area contributed by atoms with Crippen LogP contribution in [-0.2, 0) is 0 Å². The van der Waals surface area contributed by atoms with E-state index in [9.17, 15) is 0 Å². The fourth-order valence-electron chi connectivity index (χ4n) is 1.99. The Hall–Kier alpha value is -0.930. The Kier molecular flexibility index (Phi) is 5.43. The van der Waals surface area contributed by atoms with Gasteiger partial charge in [-0.25, -0.2) is 0 Å². The molecule has 2 N–H and O–H groups in total. The largest absolute Gasteiger partial charge is 0.329 e. The summed E-state index contributed by atoms with van der Waals surface area (Å²) in [5.41, 5.74) is 8.16. The fourth-order valence-corrected chi connectivity index (χ4v) is 1.99. The van der Waals surface area contributed by atoms with E-state index in [4.69, 9.17) is 5.73 Å². The number of hydrogen-bond acceptors (Lipinski definition) is 3. The van der Waals surface area contributed by atoms with Gasteiger partial charge in [-0.15, -0.1) is 0 Å². The number of rotatable bonds is 6. The zero-order valence-corrected chi connectivity index (χ0v) is 10.6. The molecule has 1 rings (SSSR count). The standard InChI is InChI=1S/C13H23N3/c1-4-8-16(5-2)13(9-14)12-7-6-11(3)15-10-12/h6-7,10,13H,4-5,8-9,14H2,1-3H3. The average Bonchev–Trinajstić information content (AvgIpc) is 2.31. The number of nitrogens with zero attached hydrogens (tertiary/aromatic N) is 2. The molecule has 0 spiro atoms. The molecule has 0 aliphatic heterocycles. The van der Waals surface area contributed by atoms with Gasteiger partial charge in [0, 0.05) is 24.5 Å². The highest BCUT2D eigenvalue weighted by Gasteiger charge is 2.16. The van der Waals surface area contributed by atoms with E-state index in [1.165, 1.54) is 5.56 Å². The third-order valence-corrected chi connectivity index (χ3v) is 2.90. The van der Waals surface area contributed by atoms with Gasteiger partial charge in [-0.05, 0) is 38.1 Å². The highest BCUT2D eigenvalue weighted by Crippen LogP contribution is 2.19. The maximum absolute atomic E-state index is 5.88. The van der Waals surface area contributed by atoms with Gasteiger partial charge >= 0.3 is 0 Å². The van der Waals surface area contributed by atoms with Crippen LogP contribution in [0, 0.1) is 6.92 Å². The van der Waals surface area contributed by atoms with Gasteiger partial charge in [0.05, 0.1) is 0 Å². The van der Waals surface area contributed by atoms with E-state index in [1.807, 2.05) is 13.1 Å². The van der Waals surface area contributed by atoms with E-state index in [0.29, 0.717) is 12.6 Å². The fraction of sp³-hybridized carbons (Fsp3) is 0.615. The molecule has 0 bridgehead atoms. The third-order valence-electron chi connectivity index (χ3n) is 2.90. The van der Waals surface area contributed by atoms with Crippen molar-refractivity contribution >= 4 is 0 Å². The molecule has 90 valence electrons. The van der Waals surface area contributed by atoms with Crippen LogP contribution in [0.25, 0.3) is 0 Å². The molecule has 0 radical (unpaired) electrons. The van der Waals surface area contributed by atoms with E-state index >= 15 is 0 Å². The highest BCUT2D eigenvalue weighted by molar-refractivity contribution is 5.17. The topological polar surface area (TPSA) is 42.1 Å². The Balaban J connectivity index is 2.83. The Morgan fingerprint density at radius 3 is 2.56 bits per heavy atom. The molecule has 0 saturated heterocycles. The summed E-state index contributed by atoms with van der Waals surface area (Å²) in [5.74, 6) is 0. The molecule has 1 aromatic heterocycles. The lowest BCUT2D eigenvalue weighted by molar-refractivity contribution is 0.212. The molecule has 0 aromatic carbocycles. The molecule has 1 aromatic rings. The minimum Gasteiger partial charge on any atom is -0.329 e. The first-order valence-corrected chi connectivity index (χ1v) is 6.09. The highest BCUT2D eigenvalue weighted by atomic mass is 15.2. The second-order valence-electron chi connectivity index (χ2n) is 4.11. The summed E-state index contributed by atoms with van der Waals surface area (Å²) in [7, 11) is 0. The van der Waals surface area contributed by atoms with Gasteiger partial charge in [0.25, 0.3) is 0 Å². The lowest BCUT2D eigenvalue weighted by Crippen LogP contribution is -2.34. The summed E-state index contributed by atoms with van der Waals surface area (Å²) in [5, 5.41) is 0. The summed E-state index contributed by atoms with van der Waals surface area (Å²) >= 11 is 0. The van der Waals surface area contributed by atoms with Crippen LogP contribution in [0.1, 0.15) is 37.6 Å². The van der Waals surface area contributed by atoms with Gasteiger partial charge in [-0.2, -0.15) is 0 Å². The van der Waals surface area contributed by atoms with Crippen LogP contribution < -0.4 is 5.73 Å². The van der Waals surface area contributed by atoms with E-state index < -0.39 is 0 Å². The van der Waals surface area contributed by atoms with Crippen LogP contribution in [-0.4, -0.2) is 29.5 Å². The van der Waals surface area contributed by atoms with E-state index in [-0.39, 0.29) is 0 Å². The zero-order valence-electron chi connectivity index (χ0n) is 10.6. The number of nitrogens with two attached hydrogens (primary N) is 1.